The van der Waals surface area contributed by atoms with E-state index in [1.165, 1.54) is 0 Å². The maximum atomic E-state index is 11.9. The van der Waals surface area contributed by atoms with Crippen LogP contribution in [0.15, 0.2) is 6.07 Å². The lowest BCUT2D eigenvalue weighted by Crippen LogP contribution is -2.33. The molecule has 0 aliphatic heterocycles. The van der Waals surface area contributed by atoms with Gasteiger partial charge in [-0.3, -0.25) is 14.3 Å². The van der Waals surface area contributed by atoms with Gasteiger partial charge in [0.05, 0.1) is 5.92 Å². The summed E-state index contributed by atoms with van der Waals surface area (Å²) >= 11 is 0. The number of carbonyl (C=O) groups is 2. The minimum atomic E-state index is -0.777. The molecular formula is C12H17N3O3. The molecule has 0 radical (unpaired) electrons. The Balaban J connectivity index is 1.94. The average Bonchev–Trinajstić information content (AvgIpc) is 2.87. The van der Waals surface area contributed by atoms with Gasteiger partial charge in [-0.25, -0.2) is 0 Å². The third-order valence-corrected chi connectivity index (χ3v) is 3.46. The SMILES string of the molecule is Cc1cc(C(=O)N[C@H]2CC[C@@H](C(=O)O)C2)nn1C. The van der Waals surface area contributed by atoms with Crippen molar-refractivity contribution in [3.8, 4) is 0 Å². The number of carboxylic acid groups (broad SMARTS) is 1. The summed E-state index contributed by atoms with van der Waals surface area (Å²) in [7, 11) is 1.78. The Morgan fingerprint density at radius 3 is 2.72 bits per heavy atom. The first kappa shape index (κ1) is 12.6. The van der Waals surface area contributed by atoms with E-state index in [2.05, 4.69) is 10.4 Å². The number of hydrogen-bond donors (Lipinski definition) is 2. The standard InChI is InChI=1S/C12H17N3O3/c1-7-5-10(14-15(7)2)11(16)13-9-4-3-8(6-9)12(17)18/h5,8-9H,3-4,6H2,1-2H3,(H,13,16)(H,17,18)/t8-,9+/m1/s1. The highest BCUT2D eigenvalue weighted by molar-refractivity contribution is 5.92. The summed E-state index contributed by atoms with van der Waals surface area (Å²) < 4.78 is 1.64. The zero-order valence-corrected chi connectivity index (χ0v) is 10.5. The molecule has 1 aliphatic carbocycles. The van der Waals surface area contributed by atoms with Crippen LogP contribution in [0.4, 0.5) is 0 Å². The molecule has 0 aromatic carbocycles. The zero-order valence-electron chi connectivity index (χ0n) is 10.5. The molecule has 1 fully saturated rings. The molecule has 98 valence electrons. The molecule has 2 rings (SSSR count). The minimum Gasteiger partial charge on any atom is -0.481 e. The van der Waals surface area contributed by atoms with Crippen molar-refractivity contribution in [1.82, 2.24) is 15.1 Å². The normalized spacial score (nSPS) is 23.0. The van der Waals surface area contributed by atoms with Crippen molar-refractivity contribution < 1.29 is 14.7 Å². The van der Waals surface area contributed by atoms with Crippen molar-refractivity contribution in [3.63, 3.8) is 0 Å². The van der Waals surface area contributed by atoms with Crippen LogP contribution in [-0.4, -0.2) is 32.8 Å². The van der Waals surface area contributed by atoms with Crippen LogP contribution in [0.3, 0.4) is 0 Å². The molecule has 0 unspecified atom stereocenters. The Morgan fingerprint density at radius 1 is 1.50 bits per heavy atom. The number of aryl methyl sites for hydroxylation is 2. The van der Waals surface area contributed by atoms with Gasteiger partial charge in [0, 0.05) is 18.8 Å². The van der Waals surface area contributed by atoms with Gasteiger partial charge in [-0.05, 0) is 32.3 Å². The molecule has 0 saturated heterocycles. The second kappa shape index (κ2) is 4.80. The van der Waals surface area contributed by atoms with Gasteiger partial charge < -0.3 is 10.4 Å². The van der Waals surface area contributed by atoms with E-state index in [9.17, 15) is 9.59 Å². The number of hydrogen-bond acceptors (Lipinski definition) is 3. The Kier molecular flexibility index (Phi) is 3.36. The molecule has 1 saturated carbocycles. The molecule has 1 amide bonds. The maximum Gasteiger partial charge on any atom is 0.306 e. The Morgan fingerprint density at radius 2 is 2.22 bits per heavy atom. The monoisotopic (exact) mass is 251 g/mol. The number of carboxylic acids is 1. The summed E-state index contributed by atoms with van der Waals surface area (Å²) in [4.78, 5) is 22.7. The smallest absolute Gasteiger partial charge is 0.306 e. The third-order valence-electron chi connectivity index (χ3n) is 3.46. The van der Waals surface area contributed by atoms with E-state index in [1.807, 2.05) is 6.92 Å². The highest BCUT2D eigenvalue weighted by Gasteiger charge is 2.31. The summed E-state index contributed by atoms with van der Waals surface area (Å²) in [6, 6.07) is 1.67. The summed E-state index contributed by atoms with van der Waals surface area (Å²) in [6.45, 7) is 1.87. The summed E-state index contributed by atoms with van der Waals surface area (Å²) in [6.07, 6.45) is 1.85. The fourth-order valence-corrected chi connectivity index (χ4v) is 2.27. The molecule has 6 heteroatoms. The van der Waals surface area contributed by atoms with Gasteiger partial charge in [-0.15, -0.1) is 0 Å². The van der Waals surface area contributed by atoms with Crippen molar-refractivity contribution in [2.24, 2.45) is 13.0 Å². The van der Waals surface area contributed by atoms with Crippen LogP contribution in [0.1, 0.15) is 35.4 Å². The average molecular weight is 251 g/mol. The molecule has 2 atom stereocenters. The topological polar surface area (TPSA) is 84.2 Å². The van der Waals surface area contributed by atoms with Gasteiger partial charge in [0.1, 0.15) is 5.69 Å². The van der Waals surface area contributed by atoms with Crippen LogP contribution in [0.25, 0.3) is 0 Å². The molecule has 1 aromatic rings. The highest BCUT2D eigenvalue weighted by atomic mass is 16.4. The number of rotatable bonds is 3. The molecule has 6 nitrogen and oxygen atoms in total. The predicted molar refractivity (Wildman–Crippen MR) is 64.2 cm³/mol. The molecule has 1 aliphatic rings. The van der Waals surface area contributed by atoms with Crippen molar-refractivity contribution in [3.05, 3.63) is 17.5 Å². The second-order valence-corrected chi connectivity index (χ2v) is 4.81. The Bertz CT molecular complexity index is 461. The fraction of sp³-hybridized carbons (Fsp3) is 0.583. The molecule has 1 aromatic heterocycles. The minimum absolute atomic E-state index is 0.0547. The third kappa shape index (κ3) is 2.52. The predicted octanol–water partition coefficient (Wildman–Crippen LogP) is 0.712. The summed E-state index contributed by atoms with van der Waals surface area (Å²) in [5, 5.41) is 15.8. The number of nitrogens with zero attached hydrogens (tertiary/aromatic N) is 2. The lowest BCUT2D eigenvalue weighted by molar-refractivity contribution is -0.141. The first-order chi connectivity index (χ1) is 8.47. The number of aliphatic carboxylic acids is 1. The fourth-order valence-electron chi connectivity index (χ4n) is 2.27. The zero-order chi connectivity index (χ0) is 13.3. The van der Waals surface area contributed by atoms with Gasteiger partial charge in [-0.2, -0.15) is 5.10 Å². The first-order valence-corrected chi connectivity index (χ1v) is 6.01. The number of amides is 1. The Hall–Kier alpha value is -1.85. The lowest BCUT2D eigenvalue weighted by atomic mass is 10.1. The number of carbonyl (C=O) groups excluding carboxylic acids is 1. The second-order valence-electron chi connectivity index (χ2n) is 4.81. The molecule has 0 bridgehead atoms. The van der Waals surface area contributed by atoms with Crippen LogP contribution in [0.5, 0.6) is 0 Å². The molecule has 0 spiro atoms. The van der Waals surface area contributed by atoms with E-state index in [0.29, 0.717) is 25.0 Å². The van der Waals surface area contributed by atoms with Crippen LogP contribution in [0.2, 0.25) is 0 Å². The highest BCUT2D eigenvalue weighted by Crippen LogP contribution is 2.25. The lowest BCUT2D eigenvalue weighted by Gasteiger charge is -2.10. The molecule has 2 N–H and O–H groups in total. The maximum absolute atomic E-state index is 11.9. The number of nitrogens with one attached hydrogen (secondary N) is 1. The van der Waals surface area contributed by atoms with Gasteiger partial charge in [0.2, 0.25) is 0 Å². The first-order valence-electron chi connectivity index (χ1n) is 6.01. The van der Waals surface area contributed by atoms with Crippen LogP contribution < -0.4 is 5.32 Å². The van der Waals surface area contributed by atoms with Crippen LogP contribution in [-0.2, 0) is 11.8 Å². The van der Waals surface area contributed by atoms with E-state index >= 15 is 0 Å². The van der Waals surface area contributed by atoms with Gasteiger partial charge in [0.15, 0.2) is 0 Å². The van der Waals surface area contributed by atoms with E-state index in [1.54, 1.807) is 17.8 Å². The molecular weight excluding hydrogens is 234 g/mol. The molecule has 1 heterocycles. The van der Waals surface area contributed by atoms with E-state index in [4.69, 9.17) is 5.11 Å². The van der Waals surface area contributed by atoms with Crippen molar-refractivity contribution in [1.29, 1.82) is 0 Å². The largest absolute Gasteiger partial charge is 0.481 e. The van der Waals surface area contributed by atoms with Gasteiger partial charge in [0.25, 0.3) is 5.91 Å². The quantitative estimate of drug-likeness (QED) is 0.828. The van der Waals surface area contributed by atoms with Crippen molar-refractivity contribution >= 4 is 11.9 Å². The van der Waals surface area contributed by atoms with Crippen LogP contribution in [0, 0.1) is 12.8 Å². The van der Waals surface area contributed by atoms with E-state index in [-0.39, 0.29) is 17.9 Å². The van der Waals surface area contributed by atoms with Crippen molar-refractivity contribution in [2.45, 2.75) is 32.2 Å². The summed E-state index contributed by atoms with van der Waals surface area (Å²) in [5.74, 6) is -1.34. The Labute approximate surface area is 105 Å². The number of aromatic nitrogens is 2. The van der Waals surface area contributed by atoms with E-state index in [0.717, 1.165) is 5.69 Å². The van der Waals surface area contributed by atoms with Gasteiger partial charge >= 0.3 is 5.97 Å². The molecule has 18 heavy (non-hydrogen) atoms. The van der Waals surface area contributed by atoms with Gasteiger partial charge in [-0.1, -0.05) is 0 Å². The van der Waals surface area contributed by atoms with Crippen LogP contribution >= 0.6 is 0 Å². The van der Waals surface area contributed by atoms with Crippen molar-refractivity contribution in [2.75, 3.05) is 0 Å². The summed E-state index contributed by atoms with van der Waals surface area (Å²) in [5.41, 5.74) is 1.30. The van der Waals surface area contributed by atoms with E-state index < -0.39 is 5.97 Å².